The number of aliphatic hydroxyl groups excluding tert-OH is 1. The Bertz CT molecular complexity index is 55.4. The van der Waals surface area contributed by atoms with E-state index in [9.17, 15) is 0 Å². The molecule has 0 aromatic heterocycles. The fraction of sp³-hybridized carbons (Fsp3) is 1.00. The molecule has 0 aliphatic heterocycles. The van der Waals surface area contributed by atoms with Crippen molar-refractivity contribution in [3.05, 3.63) is 0 Å². The molecular weight excluding hydrogens is 181 g/mol. The smallest absolute Gasteiger partial charge is 0.101 e. The van der Waals surface area contributed by atoms with Crippen LogP contribution in [0.25, 0.3) is 0 Å². The molecule has 9 heavy (non-hydrogen) atoms. The van der Waals surface area contributed by atoms with Crippen LogP contribution in [0.4, 0.5) is 0 Å². The Balaban J connectivity index is -0.000000180. The minimum Gasteiger partial charge on any atom is -1.00 e. The topological polar surface area (TPSA) is 20.2 Å². The van der Waals surface area contributed by atoms with E-state index in [2.05, 4.69) is 21.1 Å². The molecule has 0 spiro atoms. The molecule has 4 heteroatoms. The molecule has 0 unspecified atom stereocenters. The summed E-state index contributed by atoms with van der Waals surface area (Å²) in [7, 11) is 6.16. The van der Waals surface area contributed by atoms with E-state index in [1.165, 1.54) is 0 Å². The normalized spacial score (nSPS) is 9.33. The van der Waals surface area contributed by atoms with Gasteiger partial charge < -0.3 is 22.0 Å². The Morgan fingerprint density at radius 3 is 1.56 bits per heavy atom. The number of nitrogens with zero attached hydrogens (tertiary/aromatic N) is 1. The van der Waals surface area contributed by atoms with Gasteiger partial charge in [0.1, 0.15) is 6.54 Å². The van der Waals surface area contributed by atoms with Gasteiger partial charge in [-0.1, -0.05) is 0 Å². The van der Waals surface area contributed by atoms with Gasteiger partial charge in [-0.15, -0.1) is 0 Å². The molecule has 2 nitrogen and oxygen atoms in total. The van der Waals surface area contributed by atoms with Crippen LogP contribution in [0, 0.1) is 0 Å². The SMILES string of the molecule is C[N+](C)(C)CCO.[Cl-].[Fe]. The van der Waals surface area contributed by atoms with Crippen LogP contribution in [0.3, 0.4) is 0 Å². The van der Waals surface area contributed by atoms with Gasteiger partial charge in [0, 0.05) is 17.1 Å². The van der Waals surface area contributed by atoms with E-state index in [-0.39, 0.29) is 36.1 Å². The fourth-order valence-electron chi connectivity index (χ4n) is 0.300. The summed E-state index contributed by atoms with van der Waals surface area (Å²) in [6, 6.07) is 0. The van der Waals surface area contributed by atoms with E-state index in [0.29, 0.717) is 0 Å². The summed E-state index contributed by atoms with van der Waals surface area (Å²) in [4.78, 5) is 0. The molecule has 0 atom stereocenters. The minimum absolute atomic E-state index is 0. The first-order valence-electron chi connectivity index (χ1n) is 2.47. The minimum atomic E-state index is 0. The largest absolute Gasteiger partial charge is 1.00 e. The molecule has 0 fully saturated rings. The third kappa shape index (κ3) is 17.7. The van der Waals surface area contributed by atoms with E-state index in [1.54, 1.807) is 0 Å². The second-order valence-electron chi connectivity index (χ2n) is 2.74. The third-order valence-electron chi connectivity index (χ3n) is 0.771. The Hall–Kier alpha value is 0.729. The van der Waals surface area contributed by atoms with Gasteiger partial charge in [0.2, 0.25) is 0 Å². The van der Waals surface area contributed by atoms with Crippen LogP contribution in [0.2, 0.25) is 0 Å². The molecule has 0 saturated carbocycles. The van der Waals surface area contributed by atoms with Gasteiger partial charge in [0.05, 0.1) is 27.7 Å². The van der Waals surface area contributed by atoms with E-state index in [1.807, 2.05) is 0 Å². The molecule has 1 N–H and O–H groups in total. The van der Waals surface area contributed by atoms with Gasteiger partial charge in [0.25, 0.3) is 0 Å². The van der Waals surface area contributed by atoms with Crippen LogP contribution >= 0.6 is 0 Å². The summed E-state index contributed by atoms with van der Waals surface area (Å²) in [5.74, 6) is 0. The summed E-state index contributed by atoms with van der Waals surface area (Å²) >= 11 is 0. The molecule has 0 aromatic carbocycles. The maximum absolute atomic E-state index is 8.39. The molecule has 0 rings (SSSR count). The Morgan fingerprint density at radius 1 is 1.22 bits per heavy atom. The van der Waals surface area contributed by atoms with Gasteiger partial charge in [-0.3, -0.25) is 0 Å². The predicted molar refractivity (Wildman–Crippen MR) is 30.0 cm³/mol. The summed E-state index contributed by atoms with van der Waals surface area (Å²) in [5.41, 5.74) is 0. The number of likely N-dealkylation sites (N-methyl/N-ethyl adjacent to an activating group) is 1. The molecule has 0 aliphatic rings. The third-order valence-corrected chi connectivity index (χ3v) is 0.771. The Labute approximate surface area is 73.7 Å². The predicted octanol–water partition coefficient (Wildman–Crippen LogP) is -3.31. The van der Waals surface area contributed by atoms with E-state index >= 15 is 0 Å². The molecule has 0 aliphatic carbocycles. The number of halogens is 1. The first-order chi connectivity index (χ1) is 3.06. The summed E-state index contributed by atoms with van der Waals surface area (Å²) in [6.07, 6.45) is 0. The molecule has 0 heterocycles. The van der Waals surface area contributed by atoms with Gasteiger partial charge in [-0.05, 0) is 0 Å². The van der Waals surface area contributed by atoms with E-state index in [4.69, 9.17) is 5.11 Å². The number of hydrogen-bond donors (Lipinski definition) is 1. The number of quaternary nitrogens is 1. The van der Waals surface area contributed by atoms with E-state index in [0.717, 1.165) is 11.0 Å². The van der Waals surface area contributed by atoms with Gasteiger partial charge >= 0.3 is 0 Å². The first kappa shape index (κ1) is 16.4. The van der Waals surface area contributed by atoms with Crippen molar-refractivity contribution in [2.45, 2.75) is 0 Å². The molecular formula is C5H14ClFeNO. The molecule has 60 valence electrons. The molecule has 0 aromatic rings. The molecule has 0 bridgehead atoms. The number of rotatable bonds is 2. The van der Waals surface area contributed by atoms with Crippen LogP contribution in [0.5, 0.6) is 0 Å². The number of aliphatic hydroxyl groups is 1. The summed E-state index contributed by atoms with van der Waals surface area (Å²) in [5, 5.41) is 8.39. The van der Waals surface area contributed by atoms with Crippen molar-refractivity contribution in [2.24, 2.45) is 0 Å². The standard InChI is InChI=1S/C5H14NO.ClH.Fe/c1-6(2,3)4-5-7;;/h7H,4-5H2,1-3H3;1H;/q+1;;/p-1. The van der Waals surface area contributed by atoms with Crippen LogP contribution in [0.15, 0.2) is 0 Å². The second-order valence-corrected chi connectivity index (χ2v) is 2.74. The fourth-order valence-corrected chi connectivity index (χ4v) is 0.300. The average molecular weight is 195 g/mol. The van der Waals surface area contributed by atoms with Crippen molar-refractivity contribution in [3.8, 4) is 0 Å². The zero-order valence-electron chi connectivity index (χ0n) is 6.04. The van der Waals surface area contributed by atoms with Crippen molar-refractivity contribution in [1.29, 1.82) is 0 Å². The van der Waals surface area contributed by atoms with Crippen LogP contribution in [-0.2, 0) is 17.1 Å². The molecule has 0 saturated heterocycles. The second kappa shape index (κ2) is 6.84. The van der Waals surface area contributed by atoms with Crippen molar-refractivity contribution in [2.75, 3.05) is 34.3 Å². The van der Waals surface area contributed by atoms with Crippen LogP contribution in [-0.4, -0.2) is 43.9 Å². The van der Waals surface area contributed by atoms with Crippen LogP contribution in [0.1, 0.15) is 0 Å². The quantitative estimate of drug-likeness (QED) is 0.361. The van der Waals surface area contributed by atoms with Gasteiger partial charge in [0.15, 0.2) is 0 Å². The summed E-state index contributed by atoms with van der Waals surface area (Å²) in [6.45, 7) is 1.11. The van der Waals surface area contributed by atoms with E-state index < -0.39 is 0 Å². The van der Waals surface area contributed by atoms with Gasteiger partial charge in [-0.25, -0.2) is 0 Å². The maximum Gasteiger partial charge on any atom is 0.101 e. The number of hydrogen-bond acceptors (Lipinski definition) is 1. The first-order valence-corrected chi connectivity index (χ1v) is 2.47. The van der Waals surface area contributed by atoms with Crippen LogP contribution < -0.4 is 12.4 Å². The molecule has 0 radical (unpaired) electrons. The summed E-state index contributed by atoms with van der Waals surface area (Å²) < 4.78 is 0.844. The van der Waals surface area contributed by atoms with Gasteiger partial charge in [-0.2, -0.15) is 0 Å². The zero-order chi connectivity index (χ0) is 5.91. The van der Waals surface area contributed by atoms with Crippen molar-refractivity contribution < 1.29 is 39.1 Å². The Kier molecular flexibility index (Phi) is 12.5. The monoisotopic (exact) mass is 195 g/mol. The molecule has 0 amide bonds. The van der Waals surface area contributed by atoms with Crippen molar-refractivity contribution >= 4 is 0 Å². The van der Waals surface area contributed by atoms with Crippen molar-refractivity contribution in [3.63, 3.8) is 0 Å². The Morgan fingerprint density at radius 2 is 1.56 bits per heavy atom. The van der Waals surface area contributed by atoms with Crippen molar-refractivity contribution in [1.82, 2.24) is 0 Å². The average Bonchev–Trinajstić information content (AvgIpc) is 1.30. The maximum atomic E-state index is 8.39. The zero-order valence-corrected chi connectivity index (χ0v) is 7.90.